The molecule has 0 saturated heterocycles. The smallest absolute Gasteiger partial charge is 0.222 e. The van der Waals surface area contributed by atoms with Crippen molar-refractivity contribution in [3.63, 3.8) is 0 Å². The molecule has 0 unspecified atom stereocenters. The van der Waals surface area contributed by atoms with Crippen molar-refractivity contribution < 1.29 is 8.42 Å². The van der Waals surface area contributed by atoms with Crippen molar-refractivity contribution in [3.05, 3.63) is 11.2 Å². The van der Waals surface area contributed by atoms with Crippen LogP contribution in [0.4, 0.5) is 11.8 Å². The molecular weight excluding hydrogens is 254 g/mol. The SMILES string of the molecule is CS(=O)(=O)NCCNc1nc(N)ncc1Cl. The summed E-state index contributed by atoms with van der Waals surface area (Å²) in [7, 11) is -3.18. The number of anilines is 2. The molecule has 0 aliphatic heterocycles. The first-order chi connectivity index (χ1) is 7.38. The molecular formula is C7H12ClN5O2S. The summed E-state index contributed by atoms with van der Waals surface area (Å²) < 4.78 is 23.8. The standard InChI is InChI=1S/C7H12ClN5O2S/c1-16(14,15)12-3-2-10-6-5(8)4-11-7(9)13-6/h4,12H,2-3H2,1H3,(H3,9,10,11,13). The molecule has 1 aromatic rings. The second kappa shape index (κ2) is 5.28. The van der Waals surface area contributed by atoms with Crippen LogP contribution in [0.15, 0.2) is 6.20 Å². The quantitative estimate of drug-likeness (QED) is 0.629. The number of halogens is 1. The van der Waals surface area contributed by atoms with E-state index in [9.17, 15) is 8.42 Å². The number of rotatable bonds is 5. The summed E-state index contributed by atoms with van der Waals surface area (Å²) in [4.78, 5) is 7.54. The molecule has 0 radical (unpaired) electrons. The highest BCUT2D eigenvalue weighted by Gasteiger charge is 2.03. The highest BCUT2D eigenvalue weighted by Crippen LogP contribution is 2.17. The number of nitrogens with zero attached hydrogens (tertiary/aromatic N) is 2. The molecule has 90 valence electrons. The van der Waals surface area contributed by atoms with E-state index in [1.165, 1.54) is 6.20 Å². The molecule has 16 heavy (non-hydrogen) atoms. The topological polar surface area (TPSA) is 110 Å². The van der Waals surface area contributed by atoms with Gasteiger partial charge in [-0.15, -0.1) is 0 Å². The van der Waals surface area contributed by atoms with Gasteiger partial charge in [-0.25, -0.2) is 18.1 Å². The van der Waals surface area contributed by atoms with E-state index < -0.39 is 10.0 Å². The third-order valence-electron chi connectivity index (χ3n) is 1.54. The zero-order valence-corrected chi connectivity index (χ0v) is 10.1. The first-order valence-electron chi connectivity index (χ1n) is 4.35. The zero-order valence-electron chi connectivity index (χ0n) is 8.57. The van der Waals surface area contributed by atoms with E-state index in [1.807, 2.05) is 0 Å². The Labute approximate surface area is 98.5 Å². The van der Waals surface area contributed by atoms with Gasteiger partial charge >= 0.3 is 0 Å². The largest absolute Gasteiger partial charge is 0.368 e. The van der Waals surface area contributed by atoms with Crippen molar-refractivity contribution in [1.29, 1.82) is 0 Å². The maximum atomic E-state index is 10.8. The van der Waals surface area contributed by atoms with Gasteiger partial charge in [0.05, 0.1) is 12.5 Å². The molecule has 7 nitrogen and oxygen atoms in total. The lowest BCUT2D eigenvalue weighted by atomic mass is 10.5. The molecule has 0 aliphatic rings. The van der Waals surface area contributed by atoms with Crippen LogP contribution in [0.1, 0.15) is 0 Å². The fourth-order valence-electron chi connectivity index (χ4n) is 0.922. The fourth-order valence-corrected chi connectivity index (χ4v) is 1.55. The Hall–Kier alpha value is -1.12. The molecule has 0 amide bonds. The summed E-state index contributed by atoms with van der Waals surface area (Å²) in [5, 5.41) is 3.16. The Kier molecular flexibility index (Phi) is 4.27. The zero-order chi connectivity index (χ0) is 12.2. The van der Waals surface area contributed by atoms with Gasteiger partial charge in [0.25, 0.3) is 0 Å². The second-order valence-electron chi connectivity index (χ2n) is 3.02. The molecule has 0 fully saturated rings. The molecule has 0 saturated carbocycles. The minimum atomic E-state index is -3.18. The van der Waals surface area contributed by atoms with E-state index in [1.54, 1.807) is 0 Å². The summed E-state index contributed by atoms with van der Waals surface area (Å²) in [6, 6.07) is 0. The van der Waals surface area contributed by atoms with Crippen LogP contribution < -0.4 is 15.8 Å². The van der Waals surface area contributed by atoms with Crippen molar-refractivity contribution in [1.82, 2.24) is 14.7 Å². The number of nitrogens with one attached hydrogen (secondary N) is 2. The summed E-state index contributed by atoms with van der Waals surface area (Å²) in [6.07, 6.45) is 2.46. The summed E-state index contributed by atoms with van der Waals surface area (Å²) >= 11 is 5.78. The number of sulfonamides is 1. The molecule has 9 heteroatoms. The number of aromatic nitrogens is 2. The van der Waals surface area contributed by atoms with Crippen molar-refractivity contribution in [2.75, 3.05) is 30.4 Å². The second-order valence-corrected chi connectivity index (χ2v) is 5.26. The Bertz CT molecular complexity index is 464. The minimum absolute atomic E-state index is 0.1000. The van der Waals surface area contributed by atoms with Crippen LogP contribution in [0.25, 0.3) is 0 Å². The summed E-state index contributed by atoms with van der Waals surface area (Å²) in [6.45, 7) is 0.586. The predicted molar refractivity (Wildman–Crippen MR) is 62.8 cm³/mol. The lowest BCUT2D eigenvalue weighted by Gasteiger charge is -2.07. The maximum absolute atomic E-state index is 10.8. The van der Waals surface area contributed by atoms with Gasteiger partial charge in [-0.05, 0) is 0 Å². The average molecular weight is 266 g/mol. The van der Waals surface area contributed by atoms with Crippen LogP contribution in [0, 0.1) is 0 Å². The molecule has 0 aromatic carbocycles. The van der Waals surface area contributed by atoms with Crippen LogP contribution in [0.3, 0.4) is 0 Å². The first-order valence-corrected chi connectivity index (χ1v) is 6.62. The van der Waals surface area contributed by atoms with Crippen LogP contribution >= 0.6 is 11.6 Å². The van der Waals surface area contributed by atoms with Gasteiger partial charge in [0.1, 0.15) is 5.02 Å². The van der Waals surface area contributed by atoms with Gasteiger partial charge in [-0.2, -0.15) is 4.98 Å². The average Bonchev–Trinajstić information content (AvgIpc) is 2.16. The summed E-state index contributed by atoms with van der Waals surface area (Å²) in [5.74, 6) is 0.479. The number of hydrogen-bond donors (Lipinski definition) is 3. The third-order valence-corrected chi connectivity index (χ3v) is 2.55. The Morgan fingerprint density at radius 2 is 2.19 bits per heavy atom. The van der Waals surface area contributed by atoms with Gasteiger partial charge in [0.2, 0.25) is 16.0 Å². The van der Waals surface area contributed by atoms with Gasteiger partial charge in [0.15, 0.2) is 5.82 Å². The van der Waals surface area contributed by atoms with Crippen LogP contribution in [0.2, 0.25) is 5.02 Å². The van der Waals surface area contributed by atoms with Gasteiger partial charge < -0.3 is 11.1 Å². The highest BCUT2D eigenvalue weighted by atomic mass is 35.5. The maximum Gasteiger partial charge on any atom is 0.222 e. The van der Waals surface area contributed by atoms with Gasteiger partial charge in [-0.3, -0.25) is 0 Å². The van der Waals surface area contributed by atoms with Crippen molar-refractivity contribution in [2.24, 2.45) is 0 Å². The Balaban J connectivity index is 2.46. The Morgan fingerprint density at radius 3 is 2.81 bits per heavy atom. The van der Waals surface area contributed by atoms with E-state index >= 15 is 0 Å². The summed E-state index contributed by atoms with van der Waals surface area (Å²) in [5.41, 5.74) is 5.37. The molecule has 0 bridgehead atoms. The highest BCUT2D eigenvalue weighted by molar-refractivity contribution is 7.88. The van der Waals surface area contributed by atoms with E-state index in [2.05, 4.69) is 20.0 Å². The third kappa shape index (κ3) is 4.60. The van der Waals surface area contributed by atoms with Crippen LogP contribution in [-0.4, -0.2) is 37.7 Å². The van der Waals surface area contributed by atoms with E-state index in [0.717, 1.165) is 6.26 Å². The van der Waals surface area contributed by atoms with E-state index in [4.69, 9.17) is 17.3 Å². The number of nitrogens with two attached hydrogens (primary N) is 1. The number of nitrogen functional groups attached to an aromatic ring is 1. The van der Waals surface area contributed by atoms with E-state index in [0.29, 0.717) is 17.4 Å². The minimum Gasteiger partial charge on any atom is -0.368 e. The van der Waals surface area contributed by atoms with Crippen LogP contribution in [-0.2, 0) is 10.0 Å². The van der Waals surface area contributed by atoms with Gasteiger partial charge in [-0.1, -0.05) is 11.6 Å². The fraction of sp³-hybridized carbons (Fsp3) is 0.429. The molecule has 0 aliphatic carbocycles. The molecule has 1 heterocycles. The molecule has 4 N–H and O–H groups in total. The predicted octanol–water partition coefficient (Wildman–Crippen LogP) is -0.327. The monoisotopic (exact) mass is 265 g/mol. The molecule has 1 aromatic heterocycles. The number of hydrogen-bond acceptors (Lipinski definition) is 6. The van der Waals surface area contributed by atoms with Crippen molar-refractivity contribution in [2.45, 2.75) is 0 Å². The lowest BCUT2D eigenvalue weighted by Crippen LogP contribution is -2.27. The lowest BCUT2D eigenvalue weighted by molar-refractivity contribution is 0.589. The molecule has 1 rings (SSSR count). The molecule has 0 spiro atoms. The normalized spacial score (nSPS) is 11.4. The van der Waals surface area contributed by atoms with E-state index in [-0.39, 0.29) is 12.5 Å². The van der Waals surface area contributed by atoms with Crippen molar-refractivity contribution >= 4 is 33.4 Å². The molecule has 0 atom stereocenters. The van der Waals surface area contributed by atoms with Crippen molar-refractivity contribution in [3.8, 4) is 0 Å². The van der Waals surface area contributed by atoms with Crippen LogP contribution in [0.5, 0.6) is 0 Å². The first kappa shape index (κ1) is 12.9. The Morgan fingerprint density at radius 1 is 1.50 bits per heavy atom. The van der Waals surface area contributed by atoms with Gasteiger partial charge in [0, 0.05) is 13.1 Å².